The SMILES string of the molecule is CSc1nc2ccccc2c(=O)n1NC(=O)Cc1cccc(OC(F)(F)F)c1. The summed E-state index contributed by atoms with van der Waals surface area (Å²) in [5.74, 6) is -1.01. The van der Waals surface area contributed by atoms with Gasteiger partial charge in [0, 0.05) is 0 Å². The molecule has 0 aliphatic heterocycles. The van der Waals surface area contributed by atoms with Gasteiger partial charge in [-0.1, -0.05) is 36.0 Å². The maximum absolute atomic E-state index is 12.7. The molecular formula is C18H14F3N3O3S. The van der Waals surface area contributed by atoms with Crippen molar-refractivity contribution in [2.45, 2.75) is 17.9 Å². The lowest BCUT2D eigenvalue weighted by atomic mass is 10.1. The van der Waals surface area contributed by atoms with Crippen molar-refractivity contribution >= 4 is 28.6 Å². The van der Waals surface area contributed by atoms with Crippen LogP contribution in [0.1, 0.15) is 5.56 Å². The van der Waals surface area contributed by atoms with Gasteiger partial charge >= 0.3 is 6.36 Å². The Kier molecular flexibility index (Phi) is 5.59. The number of hydrogen-bond donors (Lipinski definition) is 1. The van der Waals surface area contributed by atoms with Gasteiger partial charge < -0.3 is 4.74 Å². The van der Waals surface area contributed by atoms with E-state index in [1.54, 1.807) is 30.5 Å². The molecule has 10 heteroatoms. The van der Waals surface area contributed by atoms with E-state index < -0.39 is 23.6 Å². The minimum absolute atomic E-state index is 0.248. The summed E-state index contributed by atoms with van der Waals surface area (Å²) < 4.78 is 41.9. The largest absolute Gasteiger partial charge is 0.573 e. The van der Waals surface area contributed by atoms with E-state index in [4.69, 9.17) is 0 Å². The number of halogens is 3. The maximum atomic E-state index is 12.7. The highest BCUT2D eigenvalue weighted by Crippen LogP contribution is 2.23. The third-order valence-electron chi connectivity index (χ3n) is 3.66. The summed E-state index contributed by atoms with van der Waals surface area (Å²) in [6, 6.07) is 11.8. The van der Waals surface area contributed by atoms with Gasteiger partial charge in [-0.05, 0) is 36.1 Å². The van der Waals surface area contributed by atoms with Crippen molar-refractivity contribution in [3.8, 4) is 5.75 Å². The molecule has 1 amide bonds. The number of aromatic nitrogens is 2. The van der Waals surface area contributed by atoms with Gasteiger partial charge in [0.15, 0.2) is 5.16 Å². The van der Waals surface area contributed by atoms with Crippen molar-refractivity contribution in [3.63, 3.8) is 0 Å². The van der Waals surface area contributed by atoms with E-state index >= 15 is 0 Å². The fourth-order valence-corrected chi connectivity index (χ4v) is 3.05. The Morgan fingerprint density at radius 3 is 2.68 bits per heavy atom. The molecule has 6 nitrogen and oxygen atoms in total. The van der Waals surface area contributed by atoms with Crippen molar-refractivity contribution < 1.29 is 22.7 Å². The molecule has 1 aromatic heterocycles. The summed E-state index contributed by atoms with van der Waals surface area (Å²) in [4.78, 5) is 29.4. The Balaban J connectivity index is 1.83. The summed E-state index contributed by atoms with van der Waals surface area (Å²) in [7, 11) is 0. The Morgan fingerprint density at radius 2 is 1.96 bits per heavy atom. The van der Waals surface area contributed by atoms with Gasteiger partial charge in [-0.25, -0.2) is 4.98 Å². The van der Waals surface area contributed by atoms with Crippen molar-refractivity contribution in [1.29, 1.82) is 0 Å². The third kappa shape index (κ3) is 4.63. The fraction of sp³-hybridized carbons (Fsp3) is 0.167. The Labute approximate surface area is 161 Å². The minimum atomic E-state index is -4.82. The van der Waals surface area contributed by atoms with Crippen LogP contribution in [0.15, 0.2) is 58.5 Å². The molecule has 1 heterocycles. The van der Waals surface area contributed by atoms with Crippen molar-refractivity contribution in [2.24, 2.45) is 0 Å². The van der Waals surface area contributed by atoms with Crippen LogP contribution in [0.25, 0.3) is 10.9 Å². The van der Waals surface area contributed by atoms with Gasteiger partial charge in [0.05, 0.1) is 17.3 Å². The van der Waals surface area contributed by atoms with Gasteiger partial charge in [-0.15, -0.1) is 13.2 Å². The van der Waals surface area contributed by atoms with E-state index in [1.807, 2.05) is 0 Å². The lowest BCUT2D eigenvalue weighted by Crippen LogP contribution is -2.35. The van der Waals surface area contributed by atoms with E-state index in [0.29, 0.717) is 16.5 Å². The number of carbonyl (C=O) groups excluding carboxylic acids is 1. The Morgan fingerprint density at radius 1 is 1.21 bits per heavy atom. The number of carbonyl (C=O) groups is 1. The van der Waals surface area contributed by atoms with E-state index in [1.165, 1.54) is 23.9 Å². The van der Waals surface area contributed by atoms with Crippen LogP contribution in [-0.2, 0) is 11.2 Å². The summed E-state index contributed by atoms with van der Waals surface area (Å²) in [6.07, 6.45) is -3.36. The average Bonchev–Trinajstić information content (AvgIpc) is 2.62. The quantitative estimate of drug-likeness (QED) is 0.517. The number of fused-ring (bicyclic) bond motifs is 1. The molecule has 0 bridgehead atoms. The highest BCUT2D eigenvalue weighted by molar-refractivity contribution is 7.98. The van der Waals surface area contributed by atoms with Crippen LogP contribution in [0.5, 0.6) is 5.75 Å². The van der Waals surface area contributed by atoms with Gasteiger partial charge in [-0.2, -0.15) is 4.68 Å². The predicted octanol–water partition coefficient (Wildman–Crippen LogP) is 3.33. The standard InChI is InChI=1S/C18H14F3N3O3S/c1-28-17-22-14-8-3-2-7-13(14)16(26)24(17)23-15(25)10-11-5-4-6-12(9-11)27-18(19,20)21/h2-9H,10H2,1H3,(H,23,25). The molecule has 146 valence electrons. The molecule has 0 atom stereocenters. The second-order valence-electron chi connectivity index (χ2n) is 5.66. The molecule has 0 aliphatic carbocycles. The topological polar surface area (TPSA) is 73.2 Å². The number of amides is 1. The van der Waals surface area contributed by atoms with Gasteiger partial charge in [0.1, 0.15) is 5.75 Å². The number of benzene rings is 2. The number of ether oxygens (including phenoxy) is 1. The lowest BCUT2D eigenvalue weighted by Gasteiger charge is -2.13. The molecule has 0 aliphatic rings. The Hall–Kier alpha value is -3.01. The van der Waals surface area contributed by atoms with Crippen LogP contribution >= 0.6 is 11.8 Å². The summed E-state index contributed by atoms with van der Waals surface area (Å²) in [6.45, 7) is 0. The van der Waals surface area contributed by atoms with Gasteiger partial charge in [0.25, 0.3) is 5.56 Å². The number of rotatable bonds is 5. The molecule has 0 spiro atoms. The molecule has 1 N–H and O–H groups in total. The van der Waals surface area contributed by atoms with E-state index in [2.05, 4.69) is 15.1 Å². The molecule has 0 fully saturated rings. The zero-order chi connectivity index (χ0) is 20.3. The molecule has 0 radical (unpaired) electrons. The van der Waals surface area contributed by atoms with Crippen LogP contribution in [0.4, 0.5) is 13.2 Å². The monoisotopic (exact) mass is 409 g/mol. The third-order valence-corrected chi connectivity index (χ3v) is 4.30. The Bertz CT molecular complexity index is 1080. The average molecular weight is 409 g/mol. The number of para-hydroxylation sites is 1. The summed E-state index contributed by atoms with van der Waals surface area (Å²) >= 11 is 1.17. The first-order valence-corrected chi connectivity index (χ1v) is 9.19. The number of nitrogens with one attached hydrogen (secondary N) is 1. The molecular weight excluding hydrogens is 395 g/mol. The van der Waals surface area contributed by atoms with Crippen molar-refractivity contribution in [1.82, 2.24) is 9.66 Å². The number of thioether (sulfide) groups is 1. The highest BCUT2D eigenvalue weighted by Gasteiger charge is 2.31. The maximum Gasteiger partial charge on any atom is 0.573 e. The smallest absolute Gasteiger partial charge is 0.406 e. The second kappa shape index (κ2) is 7.93. The van der Waals surface area contributed by atoms with E-state index in [-0.39, 0.29) is 11.6 Å². The van der Waals surface area contributed by atoms with Crippen LogP contribution in [0.3, 0.4) is 0 Å². The lowest BCUT2D eigenvalue weighted by molar-refractivity contribution is -0.274. The van der Waals surface area contributed by atoms with Crippen LogP contribution < -0.4 is 15.7 Å². The number of alkyl halides is 3. The normalized spacial score (nSPS) is 11.4. The van der Waals surface area contributed by atoms with Crippen molar-refractivity contribution in [3.05, 3.63) is 64.4 Å². The molecule has 3 rings (SSSR count). The predicted molar refractivity (Wildman–Crippen MR) is 99.0 cm³/mol. The zero-order valence-corrected chi connectivity index (χ0v) is 15.3. The summed E-state index contributed by atoms with van der Waals surface area (Å²) in [5, 5.41) is 0.618. The van der Waals surface area contributed by atoms with E-state index in [0.717, 1.165) is 16.8 Å². The zero-order valence-electron chi connectivity index (χ0n) is 14.5. The molecule has 0 saturated heterocycles. The highest BCUT2D eigenvalue weighted by atomic mass is 32.2. The van der Waals surface area contributed by atoms with Gasteiger partial charge in [-0.3, -0.25) is 15.0 Å². The first-order valence-electron chi connectivity index (χ1n) is 7.97. The number of nitrogens with zero attached hydrogens (tertiary/aromatic N) is 2. The van der Waals surface area contributed by atoms with Gasteiger partial charge in [0.2, 0.25) is 5.91 Å². The first kappa shape index (κ1) is 19.7. The molecule has 3 aromatic rings. The number of hydrogen-bond acceptors (Lipinski definition) is 5. The van der Waals surface area contributed by atoms with Crippen LogP contribution in [-0.4, -0.2) is 28.2 Å². The van der Waals surface area contributed by atoms with Crippen LogP contribution in [0, 0.1) is 0 Å². The molecule has 28 heavy (non-hydrogen) atoms. The fourth-order valence-electron chi connectivity index (χ4n) is 2.55. The van der Waals surface area contributed by atoms with Crippen LogP contribution in [0.2, 0.25) is 0 Å². The first-order chi connectivity index (χ1) is 13.3. The van der Waals surface area contributed by atoms with Crippen molar-refractivity contribution in [2.75, 3.05) is 11.7 Å². The molecule has 2 aromatic carbocycles. The minimum Gasteiger partial charge on any atom is -0.406 e. The van der Waals surface area contributed by atoms with E-state index in [9.17, 15) is 22.8 Å². The summed E-state index contributed by atoms with van der Waals surface area (Å²) in [5.41, 5.74) is 2.81. The molecule has 0 unspecified atom stereocenters. The second-order valence-corrected chi connectivity index (χ2v) is 6.44. The molecule has 0 saturated carbocycles.